The van der Waals surface area contributed by atoms with Crippen LogP contribution in [0.5, 0.6) is 0 Å². The van der Waals surface area contributed by atoms with Gasteiger partial charge in [-0.15, -0.1) is 0 Å². The van der Waals surface area contributed by atoms with Gasteiger partial charge in [-0.2, -0.15) is 0 Å². The molecule has 0 atom stereocenters. The van der Waals surface area contributed by atoms with Gasteiger partial charge in [-0.3, -0.25) is 0 Å². The first-order valence-corrected chi connectivity index (χ1v) is 6.87. The predicted octanol–water partition coefficient (Wildman–Crippen LogP) is 4.05. The van der Waals surface area contributed by atoms with E-state index in [4.69, 9.17) is 5.11 Å². The largest absolute Gasteiger partial charge is 0.478 e. The van der Waals surface area contributed by atoms with Crippen LogP contribution in [0.3, 0.4) is 0 Å². The summed E-state index contributed by atoms with van der Waals surface area (Å²) in [6, 6.07) is 12.2. The molecule has 3 nitrogen and oxygen atoms in total. The van der Waals surface area contributed by atoms with Gasteiger partial charge in [0.2, 0.25) is 0 Å². The highest BCUT2D eigenvalue weighted by molar-refractivity contribution is 5.90. The van der Waals surface area contributed by atoms with E-state index in [1.54, 1.807) is 19.1 Å². The lowest BCUT2D eigenvalue weighted by Gasteiger charge is -2.14. The first-order chi connectivity index (χ1) is 10.4. The average molecular weight is 299 g/mol. The van der Waals surface area contributed by atoms with Crippen molar-refractivity contribution in [2.75, 3.05) is 19.0 Å². The molecule has 2 aromatic rings. The Kier molecular flexibility index (Phi) is 4.61. The maximum absolute atomic E-state index is 14.2. The highest BCUT2D eigenvalue weighted by Gasteiger charge is 2.09. The number of allylic oxidation sites excluding steroid dienone is 1. The monoisotopic (exact) mass is 299 g/mol. The van der Waals surface area contributed by atoms with E-state index in [1.165, 1.54) is 6.07 Å². The number of carboxylic acids is 1. The number of rotatable bonds is 4. The minimum atomic E-state index is -1.02. The number of benzene rings is 2. The van der Waals surface area contributed by atoms with Crippen molar-refractivity contribution in [1.29, 1.82) is 0 Å². The number of aliphatic carboxylic acids is 1. The Hall–Kier alpha value is -2.62. The normalized spacial score (nSPS) is 11.4. The smallest absolute Gasteiger partial charge is 0.328 e. The van der Waals surface area contributed by atoms with E-state index < -0.39 is 5.97 Å². The van der Waals surface area contributed by atoms with Crippen LogP contribution in [0.15, 0.2) is 48.5 Å². The average Bonchev–Trinajstić information content (AvgIpc) is 2.47. The predicted molar refractivity (Wildman–Crippen MR) is 87.4 cm³/mol. The van der Waals surface area contributed by atoms with E-state index in [2.05, 4.69) is 0 Å². The Balaban J connectivity index is 2.51. The van der Waals surface area contributed by atoms with Gasteiger partial charge in [0.05, 0.1) is 0 Å². The molecule has 0 saturated carbocycles. The number of halogens is 1. The summed E-state index contributed by atoms with van der Waals surface area (Å²) in [6.07, 6.45) is 1.12. The Labute approximate surface area is 129 Å². The van der Waals surface area contributed by atoms with Crippen LogP contribution in [0, 0.1) is 5.82 Å². The summed E-state index contributed by atoms with van der Waals surface area (Å²) in [5.41, 5.74) is 3.46. The van der Waals surface area contributed by atoms with Crippen molar-refractivity contribution in [3.8, 4) is 11.1 Å². The second kappa shape index (κ2) is 6.43. The highest BCUT2D eigenvalue weighted by Crippen LogP contribution is 2.29. The summed E-state index contributed by atoms with van der Waals surface area (Å²) in [5.74, 6) is -1.35. The molecule has 1 N–H and O–H groups in total. The van der Waals surface area contributed by atoms with Gasteiger partial charge in [0.25, 0.3) is 0 Å². The zero-order valence-electron chi connectivity index (χ0n) is 12.8. The van der Waals surface area contributed by atoms with Gasteiger partial charge in [-0.25, -0.2) is 9.18 Å². The van der Waals surface area contributed by atoms with Crippen LogP contribution in [-0.2, 0) is 4.79 Å². The molecule has 0 saturated heterocycles. The molecule has 114 valence electrons. The van der Waals surface area contributed by atoms with E-state index in [-0.39, 0.29) is 5.82 Å². The third kappa shape index (κ3) is 3.52. The molecule has 2 aromatic carbocycles. The van der Waals surface area contributed by atoms with Gasteiger partial charge in [0.1, 0.15) is 5.82 Å². The summed E-state index contributed by atoms with van der Waals surface area (Å²) in [6.45, 7) is 1.70. The van der Waals surface area contributed by atoms with E-state index in [9.17, 15) is 9.18 Å². The van der Waals surface area contributed by atoms with Crippen molar-refractivity contribution < 1.29 is 14.3 Å². The summed E-state index contributed by atoms with van der Waals surface area (Å²) < 4.78 is 14.2. The van der Waals surface area contributed by atoms with Gasteiger partial charge in [0, 0.05) is 31.4 Å². The number of hydrogen-bond donors (Lipinski definition) is 1. The van der Waals surface area contributed by atoms with Gasteiger partial charge in [-0.1, -0.05) is 18.2 Å². The van der Waals surface area contributed by atoms with Crippen molar-refractivity contribution in [3.05, 3.63) is 59.9 Å². The lowest BCUT2D eigenvalue weighted by atomic mass is 9.98. The molecule has 0 spiro atoms. The van der Waals surface area contributed by atoms with E-state index in [0.717, 1.165) is 17.3 Å². The van der Waals surface area contributed by atoms with Crippen LogP contribution in [0.2, 0.25) is 0 Å². The molecule has 4 heteroatoms. The number of carbonyl (C=O) groups is 1. The molecule has 0 heterocycles. The van der Waals surface area contributed by atoms with Crippen LogP contribution in [0.25, 0.3) is 16.7 Å². The maximum atomic E-state index is 14.2. The third-order valence-electron chi connectivity index (χ3n) is 3.44. The Bertz CT molecular complexity index is 736. The second-order valence-corrected chi connectivity index (χ2v) is 5.30. The molecule has 22 heavy (non-hydrogen) atoms. The van der Waals surface area contributed by atoms with Crippen LogP contribution >= 0.6 is 0 Å². The minimum Gasteiger partial charge on any atom is -0.478 e. The summed E-state index contributed by atoms with van der Waals surface area (Å²) >= 11 is 0. The third-order valence-corrected chi connectivity index (χ3v) is 3.44. The molecule has 0 aromatic heterocycles. The molecular formula is C18H18FNO2. The van der Waals surface area contributed by atoms with Crippen LogP contribution in [-0.4, -0.2) is 25.2 Å². The number of anilines is 1. The topological polar surface area (TPSA) is 40.5 Å². The molecule has 0 radical (unpaired) electrons. The SMILES string of the molecule is C/C(=C\C(=O)O)c1ccc(F)c(-c2cccc(N(C)C)c2)c1. The maximum Gasteiger partial charge on any atom is 0.328 e. The highest BCUT2D eigenvalue weighted by atomic mass is 19.1. The lowest BCUT2D eigenvalue weighted by Crippen LogP contribution is -2.08. The molecule has 0 amide bonds. The number of carboxylic acid groups (broad SMARTS) is 1. The van der Waals surface area contributed by atoms with Gasteiger partial charge < -0.3 is 10.0 Å². The van der Waals surface area contributed by atoms with Gasteiger partial charge in [-0.05, 0) is 47.9 Å². The first kappa shape index (κ1) is 15.8. The molecule has 0 aliphatic carbocycles. The van der Waals surface area contributed by atoms with Gasteiger partial charge in [0.15, 0.2) is 0 Å². The zero-order chi connectivity index (χ0) is 16.3. The van der Waals surface area contributed by atoms with E-state index >= 15 is 0 Å². The van der Waals surface area contributed by atoms with Crippen molar-refractivity contribution in [2.24, 2.45) is 0 Å². The quantitative estimate of drug-likeness (QED) is 0.866. The van der Waals surface area contributed by atoms with Crippen molar-refractivity contribution in [3.63, 3.8) is 0 Å². The lowest BCUT2D eigenvalue weighted by molar-refractivity contribution is -0.131. The molecule has 0 bridgehead atoms. The van der Waals surface area contributed by atoms with E-state index in [0.29, 0.717) is 16.7 Å². The molecule has 0 aliphatic heterocycles. The van der Waals surface area contributed by atoms with Crippen LogP contribution in [0.4, 0.5) is 10.1 Å². The first-order valence-electron chi connectivity index (χ1n) is 6.87. The fraction of sp³-hybridized carbons (Fsp3) is 0.167. The Morgan fingerprint density at radius 3 is 2.55 bits per heavy atom. The van der Waals surface area contributed by atoms with Crippen LogP contribution < -0.4 is 4.90 Å². The fourth-order valence-electron chi connectivity index (χ4n) is 2.21. The fourth-order valence-corrected chi connectivity index (χ4v) is 2.21. The molecule has 0 unspecified atom stereocenters. The zero-order valence-corrected chi connectivity index (χ0v) is 12.8. The van der Waals surface area contributed by atoms with Crippen molar-refractivity contribution in [1.82, 2.24) is 0 Å². The second-order valence-electron chi connectivity index (χ2n) is 5.30. The molecular weight excluding hydrogens is 281 g/mol. The van der Waals surface area contributed by atoms with Crippen LogP contribution in [0.1, 0.15) is 12.5 Å². The summed E-state index contributed by atoms with van der Waals surface area (Å²) in [4.78, 5) is 12.7. The Morgan fingerprint density at radius 1 is 1.18 bits per heavy atom. The molecule has 0 aliphatic rings. The minimum absolute atomic E-state index is 0.331. The summed E-state index contributed by atoms with van der Waals surface area (Å²) in [5, 5.41) is 8.83. The summed E-state index contributed by atoms with van der Waals surface area (Å²) in [7, 11) is 3.84. The molecule has 0 fully saturated rings. The van der Waals surface area contributed by atoms with Crippen molar-refractivity contribution in [2.45, 2.75) is 6.92 Å². The Morgan fingerprint density at radius 2 is 1.91 bits per heavy atom. The number of hydrogen-bond acceptors (Lipinski definition) is 2. The standard InChI is InChI=1S/C18H18FNO2/c1-12(9-18(21)22)13-7-8-17(19)16(11-13)14-5-4-6-15(10-14)20(2)3/h4-11H,1-3H3,(H,21,22)/b12-9+. The number of nitrogens with zero attached hydrogens (tertiary/aromatic N) is 1. The van der Waals surface area contributed by atoms with Gasteiger partial charge >= 0.3 is 5.97 Å². The van der Waals surface area contributed by atoms with Crippen molar-refractivity contribution >= 4 is 17.2 Å². The molecule has 2 rings (SSSR count). The van der Waals surface area contributed by atoms with E-state index in [1.807, 2.05) is 43.3 Å².